The first-order valence-electron chi connectivity index (χ1n) is 9.00. The molecule has 0 spiro atoms. The average molecular weight is 369 g/mol. The van der Waals surface area contributed by atoms with Gasteiger partial charge in [0.05, 0.1) is 0 Å². The first-order valence-corrected chi connectivity index (χ1v) is 9.00. The second-order valence-corrected chi connectivity index (χ2v) is 8.08. The maximum absolute atomic E-state index is 12.7. The fraction of sp³-hybridized carbons (Fsp3) is 0.650. The van der Waals surface area contributed by atoms with E-state index in [0.29, 0.717) is 5.92 Å². The first kappa shape index (κ1) is 21.8. The van der Waals surface area contributed by atoms with Gasteiger partial charge in [-0.1, -0.05) is 32.9 Å². The Bertz CT molecular complexity index is 569. The lowest BCUT2D eigenvalue weighted by molar-refractivity contribution is -0.139. The molecule has 3 unspecified atom stereocenters. The van der Waals surface area contributed by atoms with Gasteiger partial charge in [-0.25, -0.2) is 0 Å². The largest absolute Gasteiger partial charge is 0.481 e. The molecular formula is C20H33ClN2O2. The van der Waals surface area contributed by atoms with E-state index in [2.05, 4.69) is 26.8 Å². The van der Waals surface area contributed by atoms with Crippen LogP contribution in [0.1, 0.15) is 53.0 Å². The number of nitrogens with zero attached hydrogens (tertiary/aromatic N) is 1. The monoisotopic (exact) mass is 368 g/mol. The number of ether oxygens (including phenoxy) is 1. The number of halogens is 1. The smallest absolute Gasteiger partial charge is 0.263 e. The molecule has 142 valence electrons. The van der Waals surface area contributed by atoms with Gasteiger partial charge in [0.1, 0.15) is 5.75 Å². The second-order valence-electron chi connectivity index (χ2n) is 8.08. The SMILES string of the molecule is CC(Oc1cccc(C(C)(C)C)c1)C(=O)N1CCCC(C(C)N)C1.Cl. The third-order valence-corrected chi connectivity index (χ3v) is 4.87. The highest BCUT2D eigenvalue weighted by molar-refractivity contribution is 5.85. The van der Waals surface area contributed by atoms with Crippen molar-refractivity contribution in [3.8, 4) is 5.75 Å². The van der Waals surface area contributed by atoms with E-state index in [0.717, 1.165) is 31.7 Å². The van der Waals surface area contributed by atoms with Crippen molar-refractivity contribution in [2.75, 3.05) is 13.1 Å². The molecule has 1 fully saturated rings. The number of hydrogen-bond donors (Lipinski definition) is 1. The van der Waals surface area contributed by atoms with Crippen LogP contribution < -0.4 is 10.5 Å². The number of rotatable bonds is 4. The zero-order chi connectivity index (χ0) is 17.9. The number of benzene rings is 1. The molecule has 0 radical (unpaired) electrons. The van der Waals surface area contributed by atoms with Crippen molar-refractivity contribution in [1.82, 2.24) is 4.90 Å². The summed E-state index contributed by atoms with van der Waals surface area (Å²) in [5, 5.41) is 0. The van der Waals surface area contributed by atoms with E-state index in [-0.39, 0.29) is 29.8 Å². The van der Waals surface area contributed by atoms with E-state index < -0.39 is 6.10 Å². The highest BCUT2D eigenvalue weighted by Crippen LogP contribution is 2.26. The normalized spacial score (nSPS) is 20.4. The highest BCUT2D eigenvalue weighted by Gasteiger charge is 2.29. The molecule has 1 heterocycles. The fourth-order valence-corrected chi connectivity index (χ4v) is 3.19. The summed E-state index contributed by atoms with van der Waals surface area (Å²) in [6, 6.07) is 8.16. The molecule has 1 aliphatic heterocycles. The van der Waals surface area contributed by atoms with Gasteiger partial charge in [0.15, 0.2) is 6.10 Å². The molecule has 0 aliphatic carbocycles. The lowest BCUT2D eigenvalue weighted by Crippen LogP contribution is -2.48. The van der Waals surface area contributed by atoms with Gasteiger partial charge in [0, 0.05) is 19.1 Å². The standard InChI is InChI=1S/C20H32N2O2.ClH/c1-14(21)16-8-7-11-22(13-16)19(23)15(2)24-18-10-6-9-17(12-18)20(3,4)5;/h6,9-10,12,14-16H,7-8,11,13,21H2,1-5H3;1H. The molecule has 1 aliphatic rings. The van der Waals surface area contributed by atoms with Gasteiger partial charge >= 0.3 is 0 Å². The number of hydrogen-bond acceptors (Lipinski definition) is 3. The maximum atomic E-state index is 12.7. The van der Waals surface area contributed by atoms with Crippen molar-refractivity contribution in [2.45, 2.75) is 65.0 Å². The molecule has 2 N–H and O–H groups in total. The minimum atomic E-state index is -0.480. The van der Waals surface area contributed by atoms with Crippen molar-refractivity contribution >= 4 is 18.3 Å². The molecule has 25 heavy (non-hydrogen) atoms. The van der Waals surface area contributed by atoms with Crippen LogP contribution in [-0.2, 0) is 10.2 Å². The van der Waals surface area contributed by atoms with Crippen molar-refractivity contribution in [2.24, 2.45) is 11.7 Å². The Kier molecular flexibility index (Phi) is 7.76. The van der Waals surface area contributed by atoms with Crippen LogP contribution in [0, 0.1) is 5.92 Å². The molecule has 2 rings (SSSR count). The molecular weight excluding hydrogens is 336 g/mol. The van der Waals surface area contributed by atoms with Crippen molar-refractivity contribution in [3.63, 3.8) is 0 Å². The molecule has 5 heteroatoms. The van der Waals surface area contributed by atoms with Crippen LogP contribution in [0.4, 0.5) is 0 Å². The predicted molar refractivity (Wildman–Crippen MR) is 105 cm³/mol. The third-order valence-electron chi connectivity index (χ3n) is 4.87. The molecule has 4 nitrogen and oxygen atoms in total. The summed E-state index contributed by atoms with van der Waals surface area (Å²) in [6.07, 6.45) is 1.64. The quantitative estimate of drug-likeness (QED) is 0.880. The topological polar surface area (TPSA) is 55.6 Å². The summed E-state index contributed by atoms with van der Waals surface area (Å²) < 4.78 is 5.94. The van der Waals surface area contributed by atoms with Crippen molar-refractivity contribution < 1.29 is 9.53 Å². The Hall–Kier alpha value is -1.26. The molecule has 0 bridgehead atoms. The fourth-order valence-electron chi connectivity index (χ4n) is 3.19. The van der Waals surface area contributed by atoms with Gasteiger partial charge < -0.3 is 15.4 Å². The summed E-state index contributed by atoms with van der Waals surface area (Å²) in [4.78, 5) is 14.6. The predicted octanol–water partition coefficient (Wildman–Crippen LogP) is 3.76. The second kappa shape index (κ2) is 8.91. The van der Waals surface area contributed by atoms with Gasteiger partial charge in [-0.3, -0.25) is 4.79 Å². The van der Waals surface area contributed by atoms with Gasteiger partial charge in [-0.15, -0.1) is 12.4 Å². The zero-order valence-corrected chi connectivity index (χ0v) is 16.9. The van der Waals surface area contributed by atoms with Crippen LogP contribution in [0.5, 0.6) is 5.75 Å². The first-order chi connectivity index (χ1) is 11.2. The number of amides is 1. The van der Waals surface area contributed by atoms with Crippen molar-refractivity contribution in [1.29, 1.82) is 0 Å². The van der Waals surface area contributed by atoms with E-state index >= 15 is 0 Å². The van der Waals surface area contributed by atoms with Crippen LogP contribution in [0.2, 0.25) is 0 Å². The van der Waals surface area contributed by atoms with Gasteiger partial charge in [0.25, 0.3) is 5.91 Å². The van der Waals surface area contributed by atoms with Crippen LogP contribution in [0.3, 0.4) is 0 Å². The van der Waals surface area contributed by atoms with Gasteiger partial charge in [-0.05, 0) is 55.7 Å². The minimum absolute atomic E-state index is 0. The Morgan fingerprint density at radius 1 is 1.32 bits per heavy atom. The van der Waals surface area contributed by atoms with E-state index in [1.807, 2.05) is 36.9 Å². The van der Waals surface area contributed by atoms with Crippen LogP contribution >= 0.6 is 12.4 Å². The molecule has 3 atom stereocenters. The number of carbonyl (C=O) groups is 1. The van der Waals surface area contributed by atoms with Gasteiger partial charge in [0.2, 0.25) is 0 Å². The summed E-state index contributed by atoms with van der Waals surface area (Å²) in [6.45, 7) is 11.9. The van der Waals surface area contributed by atoms with Crippen LogP contribution in [-0.4, -0.2) is 36.0 Å². The summed E-state index contributed by atoms with van der Waals surface area (Å²) in [7, 11) is 0. The third kappa shape index (κ3) is 5.89. The molecule has 0 saturated carbocycles. The Balaban J connectivity index is 0.00000312. The minimum Gasteiger partial charge on any atom is -0.481 e. The molecule has 1 aromatic rings. The lowest BCUT2D eigenvalue weighted by Gasteiger charge is -2.36. The Labute approximate surface area is 158 Å². The zero-order valence-electron chi connectivity index (χ0n) is 16.1. The van der Waals surface area contributed by atoms with Crippen LogP contribution in [0.15, 0.2) is 24.3 Å². The maximum Gasteiger partial charge on any atom is 0.263 e. The molecule has 1 aromatic carbocycles. The lowest BCUT2D eigenvalue weighted by atomic mass is 9.87. The Morgan fingerprint density at radius 3 is 2.60 bits per heavy atom. The number of piperidine rings is 1. The summed E-state index contributed by atoms with van der Waals surface area (Å²) >= 11 is 0. The average Bonchev–Trinajstić information content (AvgIpc) is 2.53. The Morgan fingerprint density at radius 2 is 2.00 bits per heavy atom. The number of carbonyl (C=O) groups excluding carboxylic acids is 1. The van der Waals surface area contributed by atoms with Crippen molar-refractivity contribution in [3.05, 3.63) is 29.8 Å². The van der Waals surface area contributed by atoms with E-state index in [1.165, 1.54) is 5.56 Å². The molecule has 1 saturated heterocycles. The summed E-state index contributed by atoms with van der Waals surface area (Å²) in [5.74, 6) is 1.20. The van der Waals surface area contributed by atoms with E-state index in [4.69, 9.17) is 10.5 Å². The summed E-state index contributed by atoms with van der Waals surface area (Å²) in [5.41, 5.74) is 7.28. The molecule has 0 aromatic heterocycles. The van der Waals surface area contributed by atoms with E-state index in [9.17, 15) is 4.79 Å². The molecule has 1 amide bonds. The van der Waals surface area contributed by atoms with Gasteiger partial charge in [-0.2, -0.15) is 0 Å². The highest BCUT2D eigenvalue weighted by atomic mass is 35.5. The number of nitrogens with two attached hydrogens (primary N) is 1. The van der Waals surface area contributed by atoms with Crippen LogP contribution in [0.25, 0.3) is 0 Å². The van der Waals surface area contributed by atoms with E-state index in [1.54, 1.807) is 0 Å². The number of likely N-dealkylation sites (tertiary alicyclic amines) is 1.